The molecular weight excluding hydrogens is 122 g/mol. The molecule has 0 unspecified atom stereocenters. The molecule has 0 radical (unpaired) electrons. The van der Waals surface area contributed by atoms with Crippen LogP contribution in [0.2, 0.25) is 0 Å². The van der Waals surface area contributed by atoms with E-state index in [1.165, 1.54) is 32.5 Å². The Hall–Kier alpha value is -0.0400. The van der Waals surface area contributed by atoms with E-state index in [1.54, 1.807) is 0 Å². The molecule has 0 aliphatic carbocycles. The largest absolute Gasteiger partial charge is 0.301 e. The Morgan fingerprint density at radius 2 is 1.80 bits per heavy atom. The highest BCUT2D eigenvalue weighted by Crippen LogP contribution is 2.21. The van der Waals surface area contributed by atoms with Crippen LogP contribution in [0, 0.1) is 5.41 Å². The number of hydrogen-bond donors (Lipinski definition) is 0. The summed E-state index contributed by atoms with van der Waals surface area (Å²) in [6.07, 6.45) is 2.74. The minimum atomic E-state index is 0.538. The second-order valence-corrected chi connectivity index (χ2v) is 4.51. The Morgan fingerprint density at radius 1 is 1.20 bits per heavy atom. The summed E-state index contributed by atoms with van der Waals surface area (Å²) in [5.41, 5.74) is 0.538. The maximum absolute atomic E-state index is 2.49. The average molecular weight is 141 g/mol. The first-order valence-corrected chi connectivity index (χ1v) is 4.30. The van der Waals surface area contributed by atoms with Crippen LogP contribution in [-0.2, 0) is 0 Å². The van der Waals surface area contributed by atoms with Crippen LogP contribution < -0.4 is 0 Å². The summed E-state index contributed by atoms with van der Waals surface area (Å²) in [5.74, 6) is 0. The SMILES string of the molecule is CC(C)(C)CCCN1CC1. The standard InChI is InChI=1S/C9H19N/c1-9(2,3)5-4-6-10-7-8-10/h4-8H2,1-3H3. The van der Waals surface area contributed by atoms with Crippen LogP contribution in [-0.4, -0.2) is 24.5 Å². The molecular formula is C9H19N. The Bertz CT molecular complexity index is 97.8. The van der Waals surface area contributed by atoms with Gasteiger partial charge in [0.1, 0.15) is 0 Å². The lowest BCUT2D eigenvalue weighted by atomic mass is 9.91. The van der Waals surface area contributed by atoms with Crippen LogP contribution in [0.5, 0.6) is 0 Å². The zero-order valence-electron chi connectivity index (χ0n) is 7.48. The topological polar surface area (TPSA) is 3.01 Å². The maximum atomic E-state index is 2.49. The van der Waals surface area contributed by atoms with E-state index < -0.39 is 0 Å². The first kappa shape index (κ1) is 8.06. The van der Waals surface area contributed by atoms with Gasteiger partial charge in [-0.2, -0.15) is 0 Å². The van der Waals surface area contributed by atoms with Gasteiger partial charge in [-0.25, -0.2) is 0 Å². The quantitative estimate of drug-likeness (QED) is 0.544. The van der Waals surface area contributed by atoms with E-state index in [-0.39, 0.29) is 0 Å². The highest BCUT2D eigenvalue weighted by molar-refractivity contribution is 4.73. The zero-order chi connectivity index (χ0) is 7.61. The first-order chi connectivity index (χ1) is 4.58. The fourth-order valence-corrected chi connectivity index (χ4v) is 1.13. The molecule has 0 aromatic rings. The van der Waals surface area contributed by atoms with Crippen molar-refractivity contribution in [2.45, 2.75) is 33.6 Å². The molecule has 0 aromatic carbocycles. The predicted octanol–water partition coefficient (Wildman–Crippen LogP) is 2.13. The number of nitrogens with zero attached hydrogens (tertiary/aromatic N) is 1. The third kappa shape index (κ3) is 3.89. The van der Waals surface area contributed by atoms with Crippen molar-refractivity contribution in [3.63, 3.8) is 0 Å². The van der Waals surface area contributed by atoms with Crippen LogP contribution in [0.15, 0.2) is 0 Å². The number of hydrogen-bond acceptors (Lipinski definition) is 1. The average Bonchev–Trinajstić information content (AvgIpc) is 2.45. The molecule has 0 bridgehead atoms. The first-order valence-electron chi connectivity index (χ1n) is 4.30. The van der Waals surface area contributed by atoms with Crippen molar-refractivity contribution >= 4 is 0 Å². The molecule has 0 N–H and O–H groups in total. The van der Waals surface area contributed by atoms with Crippen molar-refractivity contribution in [1.29, 1.82) is 0 Å². The number of rotatable bonds is 3. The molecule has 1 rings (SSSR count). The molecule has 1 aliphatic heterocycles. The Kier molecular flexibility index (Phi) is 2.35. The molecule has 1 aliphatic rings. The van der Waals surface area contributed by atoms with Gasteiger partial charge in [0.05, 0.1) is 0 Å². The van der Waals surface area contributed by atoms with Crippen LogP contribution in [0.3, 0.4) is 0 Å². The second kappa shape index (κ2) is 2.91. The highest BCUT2D eigenvalue weighted by atomic mass is 15.2. The molecule has 0 atom stereocenters. The van der Waals surface area contributed by atoms with Crippen molar-refractivity contribution in [3.05, 3.63) is 0 Å². The highest BCUT2D eigenvalue weighted by Gasteiger charge is 2.17. The van der Waals surface area contributed by atoms with Gasteiger partial charge < -0.3 is 4.90 Å². The van der Waals surface area contributed by atoms with Crippen molar-refractivity contribution < 1.29 is 0 Å². The van der Waals surface area contributed by atoms with Gasteiger partial charge in [-0.15, -0.1) is 0 Å². The van der Waals surface area contributed by atoms with Gasteiger partial charge in [0, 0.05) is 13.1 Å². The van der Waals surface area contributed by atoms with E-state index in [4.69, 9.17) is 0 Å². The van der Waals surface area contributed by atoms with Gasteiger partial charge in [0.15, 0.2) is 0 Å². The van der Waals surface area contributed by atoms with Crippen LogP contribution in [0.4, 0.5) is 0 Å². The summed E-state index contributed by atoms with van der Waals surface area (Å²) in [6.45, 7) is 11.0. The molecule has 1 fully saturated rings. The molecule has 0 aromatic heterocycles. The Balaban J connectivity index is 1.93. The van der Waals surface area contributed by atoms with E-state index in [2.05, 4.69) is 25.7 Å². The molecule has 10 heavy (non-hydrogen) atoms. The van der Waals surface area contributed by atoms with Crippen LogP contribution in [0.25, 0.3) is 0 Å². The molecule has 0 spiro atoms. The van der Waals surface area contributed by atoms with Gasteiger partial charge in [-0.1, -0.05) is 20.8 Å². The van der Waals surface area contributed by atoms with Crippen LogP contribution >= 0.6 is 0 Å². The summed E-state index contributed by atoms with van der Waals surface area (Å²) in [5, 5.41) is 0. The van der Waals surface area contributed by atoms with E-state index in [0.717, 1.165) is 0 Å². The van der Waals surface area contributed by atoms with Crippen molar-refractivity contribution in [2.24, 2.45) is 5.41 Å². The zero-order valence-corrected chi connectivity index (χ0v) is 7.48. The van der Waals surface area contributed by atoms with Crippen molar-refractivity contribution in [2.75, 3.05) is 19.6 Å². The van der Waals surface area contributed by atoms with Gasteiger partial charge in [-0.3, -0.25) is 0 Å². The van der Waals surface area contributed by atoms with Gasteiger partial charge in [0.25, 0.3) is 0 Å². The minimum absolute atomic E-state index is 0.538. The summed E-state index contributed by atoms with van der Waals surface area (Å²) in [7, 11) is 0. The molecule has 0 amide bonds. The van der Waals surface area contributed by atoms with E-state index in [0.29, 0.717) is 5.41 Å². The van der Waals surface area contributed by atoms with E-state index in [9.17, 15) is 0 Å². The van der Waals surface area contributed by atoms with Gasteiger partial charge >= 0.3 is 0 Å². The van der Waals surface area contributed by atoms with Crippen molar-refractivity contribution in [1.82, 2.24) is 4.90 Å². The lowest BCUT2D eigenvalue weighted by Gasteiger charge is -2.17. The molecule has 0 saturated carbocycles. The molecule has 1 heteroatoms. The summed E-state index contributed by atoms with van der Waals surface area (Å²) < 4.78 is 0. The van der Waals surface area contributed by atoms with Crippen LogP contribution in [0.1, 0.15) is 33.6 Å². The molecule has 1 nitrogen and oxygen atoms in total. The van der Waals surface area contributed by atoms with Gasteiger partial charge in [0.2, 0.25) is 0 Å². The minimum Gasteiger partial charge on any atom is -0.301 e. The maximum Gasteiger partial charge on any atom is 0.0110 e. The summed E-state index contributed by atoms with van der Waals surface area (Å²) in [4.78, 5) is 2.49. The third-order valence-electron chi connectivity index (χ3n) is 1.94. The molecule has 1 saturated heterocycles. The molecule has 60 valence electrons. The second-order valence-electron chi connectivity index (χ2n) is 4.51. The lowest BCUT2D eigenvalue weighted by Crippen LogP contribution is -2.08. The van der Waals surface area contributed by atoms with Crippen molar-refractivity contribution in [3.8, 4) is 0 Å². The Morgan fingerprint density at radius 3 is 2.20 bits per heavy atom. The predicted molar refractivity (Wildman–Crippen MR) is 45.1 cm³/mol. The third-order valence-corrected chi connectivity index (χ3v) is 1.94. The van der Waals surface area contributed by atoms with Gasteiger partial charge in [-0.05, 0) is 24.8 Å². The fraction of sp³-hybridized carbons (Fsp3) is 1.00. The summed E-state index contributed by atoms with van der Waals surface area (Å²) in [6, 6.07) is 0. The molecule has 1 heterocycles. The lowest BCUT2D eigenvalue weighted by molar-refractivity contribution is 0.348. The van der Waals surface area contributed by atoms with E-state index in [1.807, 2.05) is 0 Å². The Labute approximate surface area is 64.4 Å². The fourth-order valence-electron chi connectivity index (χ4n) is 1.13. The smallest absolute Gasteiger partial charge is 0.0110 e. The monoisotopic (exact) mass is 141 g/mol. The van der Waals surface area contributed by atoms with E-state index >= 15 is 0 Å². The summed E-state index contributed by atoms with van der Waals surface area (Å²) >= 11 is 0. The normalized spacial score (nSPS) is 19.5.